The molecule has 2 aliphatic rings. The monoisotopic (exact) mass is 163 g/mol. The number of hydrogen-bond donors (Lipinski definition) is 0. The van der Waals surface area contributed by atoms with Gasteiger partial charge in [0, 0.05) is 12.6 Å². The van der Waals surface area contributed by atoms with Crippen molar-refractivity contribution in [2.75, 3.05) is 13.6 Å². The summed E-state index contributed by atoms with van der Waals surface area (Å²) in [6.45, 7) is 4.80. The van der Waals surface area contributed by atoms with Gasteiger partial charge in [-0.05, 0) is 31.7 Å². The zero-order chi connectivity index (χ0) is 8.55. The summed E-state index contributed by atoms with van der Waals surface area (Å²) in [5.74, 6) is 1.72. The van der Waals surface area contributed by atoms with Crippen molar-refractivity contribution in [3.63, 3.8) is 0 Å². The van der Waals surface area contributed by atoms with Crippen molar-refractivity contribution >= 4 is 0 Å². The second-order valence-corrected chi connectivity index (χ2v) is 4.08. The summed E-state index contributed by atoms with van der Waals surface area (Å²) in [6, 6.07) is 0.790. The highest BCUT2D eigenvalue weighted by molar-refractivity contribution is 5.12. The van der Waals surface area contributed by atoms with Gasteiger partial charge in [-0.2, -0.15) is 0 Å². The van der Waals surface area contributed by atoms with E-state index in [1.165, 1.54) is 12.8 Å². The van der Waals surface area contributed by atoms with Gasteiger partial charge in [0.05, 0.1) is 0 Å². The van der Waals surface area contributed by atoms with Crippen LogP contribution in [-0.2, 0) is 0 Å². The molecule has 2 bridgehead atoms. The molecule has 0 aromatic carbocycles. The Balaban J connectivity index is 1.97. The first-order valence-electron chi connectivity index (χ1n) is 4.80. The van der Waals surface area contributed by atoms with Crippen LogP contribution >= 0.6 is 0 Å². The van der Waals surface area contributed by atoms with Gasteiger partial charge in [-0.1, -0.05) is 18.2 Å². The molecule has 3 unspecified atom stereocenters. The predicted molar refractivity (Wildman–Crippen MR) is 52.0 cm³/mol. The number of likely N-dealkylation sites (N-methyl/N-ethyl adjacent to an activating group) is 1. The van der Waals surface area contributed by atoms with Gasteiger partial charge in [0.25, 0.3) is 0 Å². The van der Waals surface area contributed by atoms with Crippen LogP contribution in [0, 0.1) is 11.8 Å². The molecule has 1 fully saturated rings. The van der Waals surface area contributed by atoms with Crippen molar-refractivity contribution in [1.29, 1.82) is 0 Å². The van der Waals surface area contributed by atoms with Crippen molar-refractivity contribution in [2.45, 2.75) is 18.9 Å². The van der Waals surface area contributed by atoms with E-state index >= 15 is 0 Å². The minimum atomic E-state index is 0.790. The van der Waals surface area contributed by atoms with Gasteiger partial charge in [-0.25, -0.2) is 0 Å². The molecule has 2 aliphatic carbocycles. The fourth-order valence-corrected chi connectivity index (χ4v) is 2.60. The molecular weight excluding hydrogens is 146 g/mol. The molecule has 12 heavy (non-hydrogen) atoms. The Morgan fingerprint density at radius 1 is 1.50 bits per heavy atom. The molecule has 0 aromatic rings. The lowest BCUT2D eigenvalue weighted by atomic mass is 10.0. The summed E-state index contributed by atoms with van der Waals surface area (Å²) in [4.78, 5) is 2.43. The third kappa shape index (κ3) is 1.22. The van der Waals surface area contributed by atoms with E-state index in [0.717, 1.165) is 24.4 Å². The zero-order valence-electron chi connectivity index (χ0n) is 7.74. The maximum atomic E-state index is 3.77. The average Bonchev–Trinajstić information content (AvgIpc) is 2.64. The Labute approximate surface area is 74.8 Å². The van der Waals surface area contributed by atoms with Gasteiger partial charge < -0.3 is 0 Å². The van der Waals surface area contributed by atoms with E-state index in [1.807, 2.05) is 6.08 Å². The standard InChI is InChI=1S/C11H17N/c1-3-6-12(2)11-8-9-4-5-10(11)7-9/h3-5,9-11H,1,6-8H2,2H3. The average molecular weight is 163 g/mol. The van der Waals surface area contributed by atoms with Crippen molar-refractivity contribution in [2.24, 2.45) is 11.8 Å². The maximum absolute atomic E-state index is 3.77. The lowest BCUT2D eigenvalue weighted by Crippen LogP contribution is -2.34. The van der Waals surface area contributed by atoms with Crippen molar-refractivity contribution in [3.8, 4) is 0 Å². The number of rotatable bonds is 3. The van der Waals surface area contributed by atoms with Gasteiger partial charge in [-0.3, -0.25) is 4.90 Å². The minimum absolute atomic E-state index is 0.790. The molecular formula is C11H17N. The fourth-order valence-electron chi connectivity index (χ4n) is 2.60. The van der Waals surface area contributed by atoms with E-state index in [1.54, 1.807) is 0 Å². The van der Waals surface area contributed by atoms with Crippen molar-refractivity contribution < 1.29 is 0 Å². The highest BCUT2D eigenvalue weighted by Crippen LogP contribution is 2.41. The summed E-state index contributed by atoms with van der Waals surface area (Å²) in [6.07, 6.45) is 9.55. The molecule has 0 heterocycles. The highest BCUT2D eigenvalue weighted by Gasteiger charge is 2.37. The molecule has 0 aliphatic heterocycles. The lowest BCUT2D eigenvalue weighted by molar-refractivity contribution is 0.234. The first kappa shape index (κ1) is 8.06. The third-order valence-corrected chi connectivity index (χ3v) is 3.23. The van der Waals surface area contributed by atoms with E-state index < -0.39 is 0 Å². The summed E-state index contributed by atoms with van der Waals surface area (Å²) < 4.78 is 0. The van der Waals surface area contributed by atoms with Crippen LogP contribution in [0.15, 0.2) is 24.8 Å². The topological polar surface area (TPSA) is 3.24 Å². The zero-order valence-corrected chi connectivity index (χ0v) is 7.74. The second-order valence-electron chi connectivity index (χ2n) is 4.08. The van der Waals surface area contributed by atoms with Crippen LogP contribution in [0.4, 0.5) is 0 Å². The number of nitrogens with zero attached hydrogens (tertiary/aromatic N) is 1. The fraction of sp³-hybridized carbons (Fsp3) is 0.636. The van der Waals surface area contributed by atoms with Crippen LogP contribution < -0.4 is 0 Å². The van der Waals surface area contributed by atoms with E-state index in [9.17, 15) is 0 Å². The molecule has 1 nitrogen and oxygen atoms in total. The molecule has 3 atom stereocenters. The van der Waals surface area contributed by atoms with Gasteiger partial charge in [0.1, 0.15) is 0 Å². The van der Waals surface area contributed by atoms with Gasteiger partial charge in [0.2, 0.25) is 0 Å². The molecule has 0 radical (unpaired) electrons. The van der Waals surface area contributed by atoms with E-state index in [2.05, 4.69) is 30.7 Å². The first-order valence-corrected chi connectivity index (χ1v) is 4.80. The minimum Gasteiger partial charge on any atom is -0.299 e. The summed E-state index contributed by atoms with van der Waals surface area (Å²) >= 11 is 0. The van der Waals surface area contributed by atoms with Crippen molar-refractivity contribution in [3.05, 3.63) is 24.8 Å². The van der Waals surface area contributed by atoms with E-state index in [-0.39, 0.29) is 0 Å². The maximum Gasteiger partial charge on any atom is 0.0164 e. The highest BCUT2D eigenvalue weighted by atomic mass is 15.1. The van der Waals surface area contributed by atoms with Gasteiger partial charge >= 0.3 is 0 Å². The molecule has 0 aromatic heterocycles. The number of fused-ring (bicyclic) bond motifs is 2. The summed E-state index contributed by atoms with van der Waals surface area (Å²) in [7, 11) is 2.21. The normalized spacial score (nSPS) is 38.0. The lowest BCUT2D eigenvalue weighted by Gasteiger charge is -2.28. The molecule has 66 valence electrons. The molecule has 0 saturated heterocycles. The molecule has 1 heteroatoms. The second kappa shape index (κ2) is 3.06. The summed E-state index contributed by atoms with van der Waals surface area (Å²) in [5.41, 5.74) is 0. The van der Waals surface area contributed by atoms with Crippen molar-refractivity contribution in [1.82, 2.24) is 4.90 Å². The smallest absolute Gasteiger partial charge is 0.0164 e. The van der Waals surface area contributed by atoms with E-state index in [0.29, 0.717) is 0 Å². The van der Waals surface area contributed by atoms with Gasteiger partial charge in [0.15, 0.2) is 0 Å². The number of hydrogen-bond acceptors (Lipinski definition) is 1. The van der Waals surface area contributed by atoms with Crippen LogP contribution in [0.1, 0.15) is 12.8 Å². The summed E-state index contributed by atoms with van der Waals surface area (Å²) in [5, 5.41) is 0. The Morgan fingerprint density at radius 3 is 2.83 bits per heavy atom. The van der Waals surface area contributed by atoms with E-state index in [4.69, 9.17) is 0 Å². The Morgan fingerprint density at radius 2 is 2.33 bits per heavy atom. The molecule has 1 saturated carbocycles. The third-order valence-electron chi connectivity index (χ3n) is 3.23. The van der Waals surface area contributed by atoms with Crippen LogP contribution in [0.5, 0.6) is 0 Å². The van der Waals surface area contributed by atoms with Crippen LogP contribution in [0.2, 0.25) is 0 Å². The molecule has 2 rings (SSSR count). The first-order chi connectivity index (χ1) is 5.81. The Hall–Kier alpha value is -0.560. The Bertz CT molecular complexity index is 207. The van der Waals surface area contributed by atoms with Crippen LogP contribution in [-0.4, -0.2) is 24.5 Å². The van der Waals surface area contributed by atoms with Crippen LogP contribution in [0.25, 0.3) is 0 Å². The largest absolute Gasteiger partial charge is 0.299 e. The molecule has 0 N–H and O–H groups in total. The number of allylic oxidation sites excluding steroid dienone is 1. The van der Waals surface area contributed by atoms with Crippen LogP contribution in [0.3, 0.4) is 0 Å². The SMILES string of the molecule is C=CCN(C)C1CC2C=CC1C2. The Kier molecular flexibility index (Phi) is 2.05. The van der Waals surface area contributed by atoms with Gasteiger partial charge in [-0.15, -0.1) is 6.58 Å². The quantitative estimate of drug-likeness (QED) is 0.576. The predicted octanol–water partition coefficient (Wildman–Crippen LogP) is 2.07. The molecule has 0 spiro atoms. The molecule has 0 amide bonds.